The molecule has 138 valence electrons. The highest BCUT2D eigenvalue weighted by Crippen LogP contribution is 2.58. The molecule has 1 fully saturated rings. The fourth-order valence-electron chi connectivity index (χ4n) is 4.94. The van der Waals surface area contributed by atoms with Gasteiger partial charge in [-0.1, -0.05) is 39.3 Å². The second-order valence-electron chi connectivity index (χ2n) is 8.77. The first-order chi connectivity index (χ1) is 11.1. The van der Waals surface area contributed by atoms with Crippen molar-refractivity contribution in [2.75, 3.05) is 6.61 Å². The van der Waals surface area contributed by atoms with E-state index >= 15 is 0 Å². The predicted octanol–water partition coefficient (Wildman–Crippen LogP) is 3.62. The molecule has 3 N–H and O–H groups in total. The van der Waals surface area contributed by atoms with Gasteiger partial charge in [-0.15, -0.1) is 0 Å². The van der Waals surface area contributed by atoms with Crippen LogP contribution < -0.4 is 0 Å². The number of carbonyl (C=O) groups is 1. The van der Waals surface area contributed by atoms with Gasteiger partial charge in [0.25, 0.3) is 0 Å². The van der Waals surface area contributed by atoms with Gasteiger partial charge in [-0.25, -0.2) is 0 Å². The second kappa shape index (κ2) is 7.17. The molecule has 0 aromatic rings. The Hall–Kier alpha value is -0.870. The molecule has 2 aliphatic rings. The Morgan fingerprint density at radius 3 is 2.62 bits per heavy atom. The number of carboxylic acid groups (broad SMARTS) is 1. The molecular weight excluding hydrogens is 304 g/mol. The van der Waals surface area contributed by atoms with Gasteiger partial charge in [-0.2, -0.15) is 0 Å². The number of allylic oxidation sites excluding steroid dienone is 1. The highest BCUT2D eigenvalue weighted by atomic mass is 16.4. The molecule has 4 heteroatoms. The number of fused-ring (bicyclic) bond motifs is 1. The van der Waals surface area contributed by atoms with Crippen LogP contribution in [0.5, 0.6) is 0 Å². The summed E-state index contributed by atoms with van der Waals surface area (Å²) >= 11 is 0. The van der Waals surface area contributed by atoms with E-state index in [0.717, 1.165) is 32.1 Å². The molecule has 0 radical (unpaired) electrons. The van der Waals surface area contributed by atoms with Crippen LogP contribution in [0.25, 0.3) is 0 Å². The summed E-state index contributed by atoms with van der Waals surface area (Å²) in [5, 5.41) is 29.4. The van der Waals surface area contributed by atoms with Gasteiger partial charge >= 0.3 is 5.97 Å². The van der Waals surface area contributed by atoms with Crippen LogP contribution in [0.15, 0.2) is 11.6 Å². The standard InChI is InChI=1S/C20H34O4/c1-13(11-18(23)24)9-10-19(3)14(2)5-6-16-15(19)7-8-17(22)20(16,4)12-21/h6,13-15,17,21-22H,5,7-12H2,1-4H3,(H,23,24). The normalized spacial score (nSPS) is 40.6. The molecule has 6 unspecified atom stereocenters. The Bertz CT molecular complexity index is 500. The van der Waals surface area contributed by atoms with Crippen LogP contribution in [0.1, 0.15) is 66.2 Å². The van der Waals surface area contributed by atoms with Gasteiger partial charge in [0.15, 0.2) is 0 Å². The Morgan fingerprint density at radius 2 is 2.04 bits per heavy atom. The molecule has 0 saturated heterocycles. The zero-order chi connectivity index (χ0) is 18.1. The van der Waals surface area contributed by atoms with Gasteiger partial charge in [0.1, 0.15) is 0 Å². The molecule has 2 rings (SSSR count). The molecule has 1 saturated carbocycles. The fourth-order valence-corrected chi connectivity index (χ4v) is 4.94. The summed E-state index contributed by atoms with van der Waals surface area (Å²) in [5.74, 6) is 0.359. The summed E-state index contributed by atoms with van der Waals surface area (Å²) < 4.78 is 0. The zero-order valence-electron chi connectivity index (χ0n) is 15.6. The Kier molecular flexibility index (Phi) is 5.81. The largest absolute Gasteiger partial charge is 0.481 e. The highest BCUT2D eigenvalue weighted by molar-refractivity contribution is 5.66. The van der Waals surface area contributed by atoms with E-state index in [4.69, 9.17) is 5.11 Å². The summed E-state index contributed by atoms with van der Waals surface area (Å²) in [6.45, 7) is 8.61. The molecule has 24 heavy (non-hydrogen) atoms. The maximum atomic E-state index is 10.9. The van der Waals surface area contributed by atoms with Crippen molar-refractivity contribution in [3.63, 3.8) is 0 Å². The van der Waals surface area contributed by atoms with Crippen LogP contribution in [0.3, 0.4) is 0 Å². The van der Waals surface area contributed by atoms with Crippen LogP contribution in [-0.2, 0) is 4.79 Å². The maximum absolute atomic E-state index is 10.9. The molecule has 4 nitrogen and oxygen atoms in total. The third-order valence-corrected chi connectivity index (χ3v) is 7.14. The second-order valence-corrected chi connectivity index (χ2v) is 8.77. The van der Waals surface area contributed by atoms with Crippen molar-refractivity contribution < 1.29 is 20.1 Å². The third kappa shape index (κ3) is 3.41. The molecule has 6 atom stereocenters. The minimum absolute atomic E-state index is 0.0175. The first-order valence-electron chi connectivity index (χ1n) is 9.36. The van der Waals surface area contributed by atoms with Crippen molar-refractivity contribution in [1.29, 1.82) is 0 Å². The summed E-state index contributed by atoms with van der Waals surface area (Å²) in [7, 11) is 0. The zero-order valence-corrected chi connectivity index (χ0v) is 15.6. The van der Waals surface area contributed by atoms with Gasteiger partial charge in [-0.3, -0.25) is 4.79 Å². The number of rotatable bonds is 6. The predicted molar refractivity (Wildman–Crippen MR) is 94.5 cm³/mol. The van der Waals surface area contributed by atoms with Gasteiger partial charge < -0.3 is 15.3 Å². The van der Waals surface area contributed by atoms with Gasteiger partial charge in [0, 0.05) is 11.8 Å². The number of hydrogen-bond acceptors (Lipinski definition) is 3. The number of aliphatic carboxylic acids is 1. The first-order valence-corrected chi connectivity index (χ1v) is 9.36. The van der Waals surface area contributed by atoms with E-state index in [1.54, 1.807) is 0 Å². The van der Waals surface area contributed by atoms with E-state index in [-0.39, 0.29) is 24.4 Å². The SMILES string of the molecule is CC(CCC1(C)C(C)CC=C2C1CCC(O)C2(C)CO)CC(=O)O. The van der Waals surface area contributed by atoms with Crippen LogP contribution in [0.4, 0.5) is 0 Å². The van der Waals surface area contributed by atoms with Crippen LogP contribution >= 0.6 is 0 Å². The molecule has 0 aromatic heterocycles. The monoisotopic (exact) mass is 338 g/mol. The van der Waals surface area contributed by atoms with Crippen LogP contribution in [-0.4, -0.2) is 34.0 Å². The van der Waals surface area contributed by atoms with Crippen LogP contribution in [0.2, 0.25) is 0 Å². The quantitative estimate of drug-likeness (QED) is 0.646. The summed E-state index contributed by atoms with van der Waals surface area (Å²) in [5.41, 5.74) is 0.806. The number of aliphatic hydroxyl groups is 2. The van der Waals surface area contributed by atoms with E-state index in [0.29, 0.717) is 11.8 Å². The first kappa shape index (κ1) is 19.5. The van der Waals surface area contributed by atoms with E-state index in [9.17, 15) is 15.0 Å². The Morgan fingerprint density at radius 1 is 1.38 bits per heavy atom. The van der Waals surface area contributed by atoms with Crippen molar-refractivity contribution in [2.45, 2.75) is 72.3 Å². The van der Waals surface area contributed by atoms with Gasteiger partial charge in [0.05, 0.1) is 12.7 Å². The summed E-state index contributed by atoms with van der Waals surface area (Å²) in [4.78, 5) is 10.9. The van der Waals surface area contributed by atoms with E-state index in [2.05, 4.69) is 19.9 Å². The molecular formula is C20H34O4. The van der Waals surface area contributed by atoms with E-state index in [1.165, 1.54) is 5.57 Å². The van der Waals surface area contributed by atoms with Crippen molar-refractivity contribution in [3.05, 3.63) is 11.6 Å². The molecule has 2 aliphatic carbocycles. The number of hydrogen-bond donors (Lipinski definition) is 3. The number of carboxylic acids is 1. The van der Waals surface area contributed by atoms with Crippen molar-refractivity contribution >= 4 is 5.97 Å². The minimum Gasteiger partial charge on any atom is -0.481 e. The lowest BCUT2D eigenvalue weighted by molar-refractivity contribution is -0.138. The van der Waals surface area contributed by atoms with Crippen LogP contribution in [0, 0.1) is 28.6 Å². The minimum atomic E-state index is -0.724. The van der Waals surface area contributed by atoms with Crippen molar-refractivity contribution in [1.82, 2.24) is 0 Å². The maximum Gasteiger partial charge on any atom is 0.303 e. The average molecular weight is 338 g/mol. The highest BCUT2D eigenvalue weighted by Gasteiger charge is 2.52. The molecule has 0 heterocycles. The third-order valence-electron chi connectivity index (χ3n) is 7.14. The summed E-state index contributed by atoms with van der Waals surface area (Å²) in [6.07, 6.45) is 6.58. The van der Waals surface area contributed by atoms with E-state index < -0.39 is 17.5 Å². The van der Waals surface area contributed by atoms with E-state index in [1.807, 2.05) is 13.8 Å². The molecule has 0 amide bonds. The lowest BCUT2D eigenvalue weighted by atomic mass is 9.51. The fraction of sp³-hybridized carbons (Fsp3) is 0.850. The topological polar surface area (TPSA) is 77.8 Å². The van der Waals surface area contributed by atoms with Crippen molar-refractivity contribution in [2.24, 2.45) is 28.6 Å². The lowest BCUT2D eigenvalue weighted by Gasteiger charge is -2.55. The summed E-state index contributed by atoms with van der Waals surface area (Å²) in [6, 6.07) is 0. The average Bonchev–Trinajstić information content (AvgIpc) is 2.52. The molecule has 0 spiro atoms. The lowest BCUT2D eigenvalue weighted by Crippen LogP contribution is -2.51. The van der Waals surface area contributed by atoms with Gasteiger partial charge in [0.2, 0.25) is 0 Å². The molecule has 0 aromatic carbocycles. The molecule has 0 aliphatic heterocycles. The number of aliphatic hydroxyl groups excluding tert-OH is 2. The smallest absolute Gasteiger partial charge is 0.303 e. The Labute approximate surface area is 146 Å². The van der Waals surface area contributed by atoms with Gasteiger partial charge in [-0.05, 0) is 55.3 Å². The Balaban J connectivity index is 2.21. The molecule has 0 bridgehead atoms. The van der Waals surface area contributed by atoms with Crippen molar-refractivity contribution in [3.8, 4) is 0 Å².